The molecule has 0 radical (unpaired) electrons. The quantitative estimate of drug-likeness (QED) is 0.360. The summed E-state index contributed by atoms with van der Waals surface area (Å²) < 4.78 is 42.4. The van der Waals surface area contributed by atoms with E-state index in [1.54, 1.807) is 37.3 Å². The molecule has 0 saturated heterocycles. The van der Waals surface area contributed by atoms with Crippen molar-refractivity contribution in [2.45, 2.75) is 59.4 Å². The van der Waals surface area contributed by atoms with Crippen LogP contribution in [-0.4, -0.2) is 20.4 Å². The van der Waals surface area contributed by atoms with Crippen molar-refractivity contribution in [1.29, 1.82) is 0 Å². The summed E-state index contributed by atoms with van der Waals surface area (Å²) in [6.45, 7) is 13.3. The Kier molecular flexibility index (Phi) is 8.04. The normalized spacial score (nSPS) is 12.1. The van der Waals surface area contributed by atoms with Crippen molar-refractivity contribution in [2.75, 3.05) is 5.32 Å². The minimum Gasteiger partial charge on any atom is -0.383 e. The summed E-state index contributed by atoms with van der Waals surface area (Å²) in [5.74, 6) is -1.01. The van der Waals surface area contributed by atoms with Crippen molar-refractivity contribution < 1.29 is 17.6 Å². The highest BCUT2D eigenvalue weighted by atomic mass is 32.2. The van der Waals surface area contributed by atoms with E-state index >= 15 is 4.39 Å². The van der Waals surface area contributed by atoms with E-state index in [4.69, 9.17) is 0 Å². The predicted octanol–water partition coefficient (Wildman–Crippen LogP) is 6.46. The molecule has 0 aliphatic rings. The Bertz CT molecular complexity index is 1410. The number of sulfonamides is 1. The lowest BCUT2D eigenvalue weighted by molar-refractivity contribution is -0.115. The van der Waals surface area contributed by atoms with Crippen molar-refractivity contribution in [1.82, 2.24) is 4.72 Å². The molecular formula is C29H33FN2O3S. The van der Waals surface area contributed by atoms with E-state index < -0.39 is 15.9 Å². The van der Waals surface area contributed by atoms with Crippen LogP contribution in [0.5, 0.6) is 0 Å². The fourth-order valence-electron chi connectivity index (χ4n) is 4.25. The van der Waals surface area contributed by atoms with Gasteiger partial charge in [-0.05, 0) is 118 Å². The monoisotopic (exact) mass is 508 g/mol. The molecule has 0 unspecified atom stereocenters. The molecule has 0 aliphatic heterocycles. The fraction of sp³-hybridized carbons (Fsp3) is 0.276. The average Bonchev–Trinajstić information content (AvgIpc) is 2.81. The van der Waals surface area contributed by atoms with Crippen LogP contribution in [0.15, 0.2) is 59.0 Å². The molecule has 0 aromatic heterocycles. The number of hydrogen-bond acceptors (Lipinski definition) is 4. The predicted molar refractivity (Wildman–Crippen MR) is 145 cm³/mol. The fourth-order valence-corrected chi connectivity index (χ4v) is 5.28. The van der Waals surface area contributed by atoms with Crippen molar-refractivity contribution in [3.8, 4) is 11.1 Å². The lowest BCUT2D eigenvalue weighted by Crippen LogP contribution is -2.31. The highest BCUT2D eigenvalue weighted by Crippen LogP contribution is 2.37. The molecule has 0 aliphatic carbocycles. The van der Waals surface area contributed by atoms with Gasteiger partial charge >= 0.3 is 0 Å². The average molecular weight is 509 g/mol. The maximum atomic E-state index is 15.2. The summed E-state index contributed by atoms with van der Waals surface area (Å²) >= 11 is 0. The van der Waals surface area contributed by atoms with Crippen LogP contribution >= 0.6 is 0 Å². The van der Waals surface area contributed by atoms with E-state index in [0.717, 1.165) is 39.1 Å². The van der Waals surface area contributed by atoms with E-state index in [1.165, 1.54) is 18.2 Å². The number of halogens is 1. The van der Waals surface area contributed by atoms with Gasteiger partial charge in [-0.25, -0.2) is 17.5 Å². The molecule has 0 heterocycles. The van der Waals surface area contributed by atoms with Crippen LogP contribution in [0.3, 0.4) is 0 Å². The molecule has 1 amide bonds. The highest BCUT2D eigenvalue weighted by molar-refractivity contribution is 7.90. The lowest BCUT2D eigenvalue weighted by atomic mass is 9.85. The van der Waals surface area contributed by atoms with E-state index in [2.05, 4.69) is 10.0 Å². The van der Waals surface area contributed by atoms with Gasteiger partial charge in [0.25, 0.3) is 15.9 Å². The molecule has 0 saturated carbocycles. The van der Waals surface area contributed by atoms with Crippen molar-refractivity contribution >= 4 is 27.7 Å². The van der Waals surface area contributed by atoms with Gasteiger partial charge in [-0.1, -0.05) is 18.2 Å². The zero-order valence-corrected chi connectivity index (χ0v) is 22.6. The van der Waals surface area contributed by atoms with Crippen molar-refractivity contribution in [2.24, 2.45) is 0 Å². The Morgan fingerprint density at radius 2 is 1.50 bits per heavy atom. The van der Waals surface area contributed by atoms with Gasteiger partial charge in [0, 0.05) is 22.9 Å². The number of benzene rings is 3. The molecule has 7 heteroatoms. The molecule has 0 fully saturated rings. The third-order valence-corrected chi connectivity index (χ3v) is 7.72. The number of amides is 1. The molecule has 2 N–H and O–H groups in total. The molecule has 0 spiro atoms. The van der Waals surface area contributed by atoms with Crippen LogP contribution in [-0.2, 0) is 14.8 Å². The summed E-state index contributed by atoms with van der Waals surface area (Å²) in [7, 11) is -3.98. The zero-order chi connectivity index (χ0) is 26.8. The maximum Gasteiger partial charge on any atom is 0.264 e. The van der Waals surface area contributed by atoms with Crippen LogP contribution in [0, 0.1) is 33.5 Å². The number of nitrogens with one attached hydrogen (secondary N) is 2. The SMILES string of the molecule is C/C(=C\c1c(C)c(C)c(-c2ccc(NC(C)C)cc2F)c(C)c1C)C(=O)NS(=O)(=O)c1ccccc1. The minimum atomic E-state index is -3.98. The smallest absolute Gasteiger partial charge is 0.264 e. The van der Waals surface area contributed by atoms with Gasteiger partial charge in [0.2, 0.25) is 0 Å². The Balaban J connectivity index is 2.00. The van der Waals surface area contributed by atoms with Crippen molar-refractivity contribution in [3.05, 3.63) is 87.7 Å². The van der Waals surface area contributed by atoms with Gasteiger partial charge in [-0.3, -0.25) is 4.79 Å². The van der Waals surface area contributed by atoms with E-state index in [9.17, 15) is 13.2 Å². The Hall–Kier alpha value is -3.45. The van der Waals surface area contributed by atoms with Crippen LogP contribution in [0.4, 0.5) is 10.1 Å². The Morgan fingerprint density at radius 3 is 2.03 bits per heavy atom. The summed E-state index contributed by atoms with van der Waals surface area (Å²) in [5.41, 5.74) is 6.73. The second-order valence-electron chi connectivity index (χ2n) is 9.36. The van der Waals surface area contributed by atoms with Crippen LogP contribution in [0.25, 0.3) is 17.2 Å². The van der Waals surface area contributed by atoms with Crippen LogP contribution in [0.1, 0.15) is 48.6 Å². The molecule has 3 aromatic rings. The molecule has 0 bridgehead atoms. The van der Waals surface area contributed by atoms with E-state index in [0.29, 0.717) is 5.56 Å². The molecule has 5 nitrogen and oxygen atoms in total. The number of rotatable bonds is 7. The van der Waals surface area contributed by atoms with Gasteiger partial charge in [0.15, 0.2) is 0 Å². The van der Waals surface area contributed by atoms with Crippen LogP contribution in [0.2, 0.25) is 0 Å². The number of anilines is 1. The van der Waals surface area contributed by atoms with Gasteiger partial charge in [0.05, 0.1) is 4.90 Å². The maximum absolute atomic E-state index is 15.2. The Morgan fingerprint density at radius 1 is 0.917 bits per heavy atom. The summed E-state index contributed by atoms with van der Waals surface area (Å²) in [6, 6.07) is 13.1. The number of carbonyl (C=O) groups excluding carboxylic acids is 1. The molecule has 0 atom stereocenters. The molecule has 3 aromatic carbocycles. The topological polar surface area (TPSA) is 75.3 Å². The van der Waals surface area contributed by atoms with E-state index in [-0.39, 0.29) is 22.3 Å². The van der Waals surface area contributed by atoms with E-state index in [1.807, 2.05) is 47.6 Å². The van der Waals surface area contributed by atoms with Gasteiger partial charge in [-0.2, -0.15) is 0 Å². The largest absolute Gasteiger partial charge is 0.383 e. The lowest BCUT2D eigenvalue weighted by Gasteiger charge is -2.21. The van der Waals surface area contributed by atoms with Crippen LogP contribution < -0.4 is 10.0 Å². The molecule has 3 rings (SSSR count). The summed E-state index contributed by atoms with van der Waals surface area (Å²) in [5, 5.41) is 3.22. The number of hydrogen-bond donors (Lipinski definition) is 2. The molecule has 36 heavy (non-hydrogen) atoms. The van der Waals surface area contributed by atoms with Gasteiger partial charge in [0.1, 0.15) is 5.82 Å². The second-order valence-corrected chi connectivity index (χ2v) is 11.0. The third kappa shape index (κ3) is 5.68. The zero-order valence-electron chi connectivity index (χ0n) is 21.8. The first-order chi connectivity index (χ1) is 16.8. The van der Waals surface area contributed by atoms with Gasteiger partial charge in [-0.15, -0.1) is 0 Å². The minimum absolute atomic E-state index is 0.0196. The molecule has 190 valence electrons. The second kappa shape index (κ2) is 10.7. The molecular weight excluding hydrogens is 475 g/mol. The first-order valence-electron chi connectivity index (χ1n) is 11.8. The highest BCUT2D eigenvalue weighted by Gasteiger charge is 2.21. The first kappa shape index (κ1) is 27.1. The summed E-state index contributed by atoms with van der Waals surface area (Å²) in [6.07, 6.45) is 1.69. The Labute approximate surface area is 213 Å². The first-order valence-corrected chi connectivity index (χ1v) is 13.3. The number of carbonyl (C=O) groups is 1. The van der Waals surface area contributed by atoms with Gasteiger partial charge < -0.3 is 5.32 Å². The van der Waals surface area contributed by atoms with Crippen molar-refractivity contribution in [3.63, 3.8) is 0 Å². The third-order valence-electron chi connectivity index (χ3n) is 6.38. The standard InChI is InChI=1S/C29H33FN2O3S/c1-17(2)31-23-13-14-25(27(30)16-23)28-21(6)19(4)26(20(5)22(28)7)15-18(3)29(33)32-36(34,35)24-11-9-8-10-12-24/h8-17,31H,1-7H3,(H,32,33)/b18-15+. The summed E-state index contributed by atoms with van der Waals surface area (Å²) in [4.78, 5) is 12.8.